The van der Waals surface area contributed by atoms with Crippen LogP contribution in [-0.4, -0.2) is 63.7 Å². The van der Waals surface area contributed by atoms with Gasteiger partial charge in [0.2, 0.25) is 0 Å². The van der Waals surface area contributed by atoms with E-state index in [1.807, 2.05) is 11.8 Å². The monoisotopic (exact) mass is 332 g/mol. The summed E-state index contributed by atoms with van der Waals surface area (Å²) in [5.41, 5.74) is 0.372. The summed E-state index contributed by atoms with van der Waals surface area (Å²) in [6, 6.07) is -0.191. The van der Waals surface area contributed by atoms with Crippen LogP contribution in [0, 0.1) is 5.41 Å². The number of sulfone groups is 1. The molecule has 2 heterocycles. The molecule has 0 radical (unpaired) electrons. The number of rotatable bonds is 4. The lowest BCUT2D eigenvalue weighted by Crippen LogP contribution is -2.50. The molecule has 1 unspecified atom stereocenters. The smallest absolute Gasteiger partial charge is 0.317 e. The topological polar surface area (TPSA) is 75.7 Å². The summed E-state index contributed by atoms with van der Waals surface area (Å²) in [6.45, 7) is 5.10. The summed E-state index contributed by atoms with van der Waals surface area (Å²) in [6.07, 6.45) is 5.97. The van der Waals surface area contributed by atoms with Gasteiger partial charge in [-0.25, -0.2) is 13.2 Å². The van der Waals surface area contributed by atoms with Crippen LogP contribution in [0.2, 0.25) is 0 Å². The third kappa shape index (κ3) is 5.12. The highest BCUT2D eigenvalue weighted by Gasteiger charge is 2.37. The van der Waals surface area contributed by atoms with Gasteiger partial charge in [-0.1, -0.05) is 0 Å². The first-order valence-electron chi connectivity index (χ1n) is 8.11. The first-order chi connectivity index (χ1) is 10.3. The Labute approximate surface area is 133 Å². The molecule has 6 nitrogen and oxygen atoms in total. The highest BCUT2D eigenvalue weighted by atomic mass is 32.2. The van der Waals surface area contributed by atoms with Crippen LogP contribution in [0.4, 0.5) is 4.79 Å². The van der Waals surface area contributed by atoms with E-state index in [-0.39, 0.29) is 17.8 Å². The van der Waals surface area contributed by atoms with Crippen molar-refractivity contribution < 1.29 is 17.9 Å². The normalized spacial score (nSPS) is 23.3. The van der Waals surface area contributed by atoms with Gasteiger partial charge in [0, 0.05) is 38.6 Å². The number of likely N-dealkylation sites (tertiary alicyclic amines) is 1. The van der Waals surface area contributed by atoms with Crippen molar-refractivity contribution in [2.75, 3.05) is 38.3 Å². The Morgan fingerprint density at radius 2 is 1.82 bits per heavy atom. The first-order valence-corrected chi connectivity index (χ1v) is 10.2. The SMILES string of the molecule is CC(CCS(C)(=O)=O)NC(=O)N1CCC2(CCOCC2)CC1. The van der Waals surface area contributed by atoms with Gasteiger partial charge in [0.1, 0.15) is 9.84 Å². The number of urea groups is 1. The molecular weight excluding hydrogens is 304 g/mol. The minimum absolute atomic E-state index is 0.0667. The molecule has 1 atom stereocenters. The van der Waals surface area contributed by atoms with Crippen LogP contribution in [0.25, 0.3) is 0 Å². The van der Waals surface area contributed by atoms with Crippen LogP contribution < -0.4 is 5.32 Å². The third-order valence-corrected chi connectivity index (χ3v) is 5.93. The summed E-state index contributed by atoms with van der Waals surface area (Å²) >= 11 is 0. The lowest BCUT2D eigenvalue weighted by molar-refractivity contribution is -0.0146. The molecule has 2 aliphatic heterocycles. The van der Waals surface area contributed by atoms with Gasteiger partial charge >= 0.3 is 6.03 Å². The molecule has 0 aromatic heterocycles. The van der Waals surface area contributed by atoms with Gasteiger partial charge in [0.25, 0.3) is 0 Å². The van der Waals surface area contributed by atoms with E-state index in [4.69, 9.17) is 4.74 Å². The number of piperidine rings is 1. The Hall–Kier alpha value is -0.820. The van der Waals surface area contributed by atoms with E-state index in [1.54, 1.807) is 0 Å². The minimum atomic E-state index is -2.98. The summed E-state index contributed by atoms with van der Waals surface area (Å²) < 4.78 is 27.8. The van der Waals surface area contributed by atoms with Crippen molar-refractivity contribution in [2.45, 2.75) is 45.1 Å². The van der Waals surface area contributed by atoms with Crippen LogP contribution in [0.15, 0.2) is 0 Å². The predicted octanol–water partition coefficient (Wildman–Crippen LogP) is 1.41. The van der Waals surface area contributed by atoms with Gasteiger partial charge < -0.3 is 15.0 Å². The number of ether oxygens (including phenoxy) is 1. The number of amides is 2. The molecule has 128 valence electrons. The van der Waals surface area contributed by atoms with Gasteiger partial charge in [-0.3, -0.25) is 0 Å². The zero-order valence-corrected chi connectivity index (χ0v) is 14.5. The lowest BCUT2D eigenvalue weighted by atomic mass is 9.72. The molecule has 2 rings (SSSR count). The fourth-order valence-corrected chi connectivity index (χ4v) is 4.04. The molecule has 2 amide bonds. The van der Waals surface area contributed by atoms with Crippen molar-refractivity contribution >= 4 is 15.9 Å². The number of carbonyl (C=O) groups is 1. The van der Waals surface area contributed by atoms with Gasteiger partial charge in [-0.2, -0.15) is 0 Å². The van der Waals surface area contributed by atoms with Gasteiger partial charge in [0.05, 0.1) is 5.75 Å². The third-order valence-electron chi connectivity index (χ3n) is 4.96. The van der Waals surface area contributed by atoms with E-state index in [0.717, 1.165) is 52.0 Å². The molecule has 1 N–H and O–H groups in total. The summed E-state index contributed by atoms with van der Waals surface area (Å²) in [5, 5.41) is 2.91. The van der Waals surface area contributed by atoms with Crippen LogP contribution in [0.1, 0.15) is 39.0 Å². The Bertz CT molecular complexity index is 476. The fraction of sp³-hybridized carbons (Fsp3) is 0.933. The Kier molecular flexibility index (Phi) is 5.71. The van der Waals surface area contributed by atoms with Gasteiger partial charge in [-0.15, -0.1) is 0 Å². The molecule has 1 spiro atoms. The molecule has 0 bridgehead atoms. The average Bonchev–Trinajstić information content (AvgIpc) is 2.46. The van der Waals surface area contributed by atoms with Gasteiger partial charge in [0.15, 0.2) is 0 Å². The average molecular weight is 332 g/mol. The maximum absolute atomic E-state index is 12.2. The minimum Gasteiger partial charge on any atom is -0.381 e. The Balaban J connectivity index is 1.75. The Morgan fingerprint density at radius 3 is 2.36 bits per heavy atom. The second-order valence-corrected chi connectivity index (χ2v) is 9.13. The maximum atomic E-state index is 12.2. The van der Waals surface area contributed by atoms with Crippen molar-refractivity contribution in [2.24, 2.45) is 5.41 Å². The predicted molar refractivity (Wildman–Crippen MR) is 85.6 cm³/mol. The van der Waals surface area contributed by atoms with Crippen LogP contribution in [0.3, 0.4) is 0 Å². The number of hydrogen-bond acceptors (Lipinski definition) is 4. The molecular formula is C15H28N2O4S. The molecule has 2 saturated heterocycles. The number of nitrogens with zero attached hydrogens (tertiary/aromatic N) is 1. The molecule has 22 heavy (non-hydrogen) atoms. The Morgan fingerprint density at radius 1 is 1.23 bits per heavy atom. The van der Waals surface area contributed by atoms with Crippen molar-refractivity contribution in [3.8, 4) is 0 Å². The molecule has 0 aliphatic carbocycles. The number of carbonyl (C=O) groups excluding carboxylic acids is 1. The van der Waals surface area contributed by atoms with Crippen molar-refractivity contribution in [1.29, 1.82) is 0 Å². The number of nitrogens with one attached hydrogen (secondary N) is 1. The van der Waals surface area contributed by atoms with E-state index >= 15 is 0 Å². The molecule has 0 saturated carbocycles. The summed E-state index contributed by atoms with van der Waals surface area (Å²) in [4.78, 5) is 14.1. The van der Waals surface area contributed by atoms with E-state index in [0.29, 0.717) is 11.8 Å². The van der Waals surface area contributed by atoms with E-state index in [2.05, 4.69) is 5.32 Å². The summed E-state index contributed by atoms with van der Waals surface area (Å²) in [7, 11) is -2.98. The second-order valence-electron chi connectivity index (χ2n) is 6.87. The second kappa shape index (κ2) is 7.17. The molecule has 0 aromatic rings. The lowest BCUT2D eigenvalue weighted by Gasteiger charge is -2.44. The molecule has 0 aromatic carbocycles. The van der Waals surface area contributed by atoms with Crippen molar-refractivity contribution in [1.82, 2.24) is 10.2 Å². The number of hydrogen-bond donors (Lipinski definition) is 1. The maximum Gasteiger partial charge on any atom is 0.317 e. The summed E-state index contributed by atoms with van der Waals surface area (Å²) in [5.74, 6) is 0.109. The van der Waals surface area contributed by atoms with Crippen LogP contribution in [0.5, 0.6) is 0 Å². The van der Waals surface area contributed by atoms with E-state index < -0.39 is 9.84 Å². The van der Waals surface area contributed by atoms with Gasteiger partial charge in [-0.05, 0) is 44.4 Å². The van der Waals surface area contributed by atoms with Crippen molar-refractivity contribution in [3.63, 3.8) is 0 Å². The zero-order chi connectivity index (χ0) is 16.2. The standard InChI is InChI=1S/C15H28N2O4S/c1-13(3-12-22(2,19)20)16-14(18)17-8-4-15(5-9-17)6-10-21-11-7-15/h13H,3-12H2,1-2H3,(H,16,18). The molecule has 7 heteroatoms. The van der Waals surface area contributed by atoms with E-state index in [1.165, 1.54) is 6.26 Å². The van der Waals surface area contributed by atoms with Crippen LogP contribution >= 0.6 is 0 Å². The van der Waals surface area contributed by atoms with Crippen LogP contribution in [-0.2, 0) is 14.6 Å². The van der Waals surface area contributed by atoms with E-state index in [9.17, 15) is 13.2 Å². The van der Waals surface area contributed by atoms with Crippen molar-refractivity contribution in [3.05, 3.63) is 0 Å². The highest BCUT2D eigenvalue weighted by molar-refractivity contribution is 7.90. The quantitative estimate of drug-likeness (QED) is 0.844. The molecule has 2 fully saturated rings. The largest absolute Gasteiger partial charge is 0.381 e. The highest BCUT2D eigenvalue weighted by Crippen LogP contribution is 2.40. The molecule has 2 aliphatic rings. The zero-order valence-electron chi connectivity index (χ0n) is 13.6. The fourth-order valence-electron chi connectivity index (χ4n) is 3.25. The first kappa shape index (κ1) is 17.5.